The quantitative estimate of drug-likeness (QED) is 0.629. The first-order valence-corrected chi connectivity index (χ1v) is 7.28. The van der Waals surface area contributed by atoms with Crippen molar-refractivity contribution in [3.8, 4) is 0 Å². The molecule has 1 unspecified atom stereocenters. The van der Waals surface area contributed by atoms with Crippen LogP contribution in [0.4, 0.5) is 4.39 Å². The molecule has 0 spiro atoms. The maximum Gasteiger partial charge on any atom is 0.137 e. The van der Waals surface area contributed by atoms with Crippen LogP contribution in [-0.4, -0.2) is 4.83 Å². The summed E-state index contributed by atoms with van der Waals surface area (Å²) in [5.74, 6) is 0.521. The molecule has 0 amide bonds. The summed E-state index contributed by atoms with van der Waals surface area (Å²) < 4.78 is 13.9. The van der Waals surface area contributed by atoms with Crippen LogP contribution in [0.2, 0.25) is 0 Å². The highest BCUT2D eigenvalue weighted by Gasteiger charge is 2.10. The Hall–Kier alpha value is 0.110. The summed E-state index contributed by atoms with van der Waals surface area (Å²) in [7, 11) is 0. The van der Waals surface area contributed by atoms with Gasteiger partial charge in [-0.25, -0.2) is 4.39 Å². The van der Waals surface area contributed by atoms with Crippen molar-refractivity contribution in [1.82, 2.24) is 0 Å². The predicted octanol–water partition coefficient (Wildman–Crippen LogP) is 5.33. The molecule has 0 bridgehead atoms. The second kappa shape index (κ2) is 6.75. The molecule has 0 saturated heterocycles. The smallest absolute Gasteiger partial charge is 0.137 e. The normalized spacial score (nSPS) is 13.1. The Kier molecular flexibility index (Phi) is 5.98. The van der Waals surface area contributed by atoms with Crippen molar-refractivity contribution in [2.24, 2.45) is 5.92 Å². The van der Waals surface area contributed by atoms with Crippen molar-refractivity contribution in [3.63, 3.8) is 0 Å². The molecule has 1 aromatic rings. The minimum Gasteiger partial charge on any atom is -0.206 e. The molecule has 0 heterocycles. The van der Waals surface area contributed by atoms with E-state index in [0.717, 1.165) is 24.8 Å². The molecular formula is C13H17Br2F. The third kappa shape index (κ3) is 4.54. The summed E-state index contributed by atoms with van der Waals surface area (Å²) in [4.78, 5) is 0.516. The molecule has 0 aliphatic carbocycles. The Morgan fingerprint density at radius 1 is 1.31 bits per heavy atom. The van der Waals surface area contributed by atoms with Crippen LogP contribution in [-0.2, 0) is 6.42 Å². The summed E-state index contributed by atoms with van der Waals surface area (Å²) >= 11 is 6.96. The molecule has 1 atom stereocenters. The molecule has 0 saturated carbocycles. The van der Waals surface area contributed by atoms with Gasteiger partial charge >= 0.3 is 0 Å². The van der Waals surface area contributed by atoms with E-state index in [0.29, 0.717) is 15.2 Å². The molecule has 1 rings (SSSR count). The van der Waals surface area contributed by atoms with E-state index in [1.807, 2.05) is 6.07 Å². The molecule has 3 heteroatoms. The zero-order valence-electron chi connectivity index (χ0n) is 9.64. The first kappa shape index (κ1) is 14.2. The lowest BCUT2D eigenvalue weighted by molar-refractivity contribution is 0.553. The second-order valence-corrected chi connectivity index (χ2v) is 6.57. The SMILES string of the molecule is CC(C)CC(Br)CCc1cccc(F)c1Br. The molecule has 0 aliphatic heterocycles. The molecule has 0 N–H and O–H groups in total. The molecule has 16 heavy (non-hydrogen) atoms. The van der Waals surface area contributed by atoms with Gasteiger partial charge in [-0.2, -0.15) is 0 Å². The minimum absolute atomic E-state index is 0.174. The van der Waals surface area contributed by atoms with Crippen molar-refractivity contribution in [2.75, 3.05) is 0 Å². The Morgan fingerprint density at radius 2 is 2.00 bits per heavy atom. The van der Waals surface area contributed by atoms with E-state index in [-0.39, 0.29) is 5.82 Å². The van der Waals surface area contributed by atoms with Crippen LogP contribution in [0.5, 0.6) is 0 Å². The van der Waals surface area contributed by atoms with Gasteiger partial charge in [0.25, 0.3) is 0 Å². The lowest BCUT2D eigenvalue weighted by Crippen LogP contribution is -2.04. The summed E-state index contributed by atoms with van der Waals surface area (Å²) in [6.07, 6.45) is 3.11. The molecule has 0 radical (unpaired) electrons. The number of halogens is 3. The molecule has 1 aromatic carbocycles. The van der Waals surface area contributed by atoms with E-state index in [2.05, 4.69) is 45.7 Å². The number of aryl methyl sites for hydroxylation is 1. The Bertz CT molecular complexity index is 337. The lowest BCUT2D eigenvalue weighted by atomic mass is 10.0. The highest BCUT2D eigenvalue weighted by molar-refractivity contribution is 9.10. The maximum absolute atomic E-state index is 13.3. The van der Waals surface area contributed by atoms with E-state index in [1.54, 1.807) is 6.07 Å². The zero-order valence-corrected chi connectivity index (χ0v) is 12.8. The maximum atomic E-state index is 13.3. The van der Waals surface area contributed by atoms with E-state index < -0.39 is 0 Å². The second-order valence-electron chi connectivity index (χ2n) is 4.48. The van der Waals surface area contributed by atoms with Gasteiger partial charge in [-0.15, -0.1) is 0 Å². The number of hydrogen-bond acceptors (Lipinski definition) is 0. The number of benzene rings is 1. The van der Waals surface area contributed by atoms with Crippen LogP contribution in [0, 0.1) is 11.7 Å². The summed E-state index contributed by atoms with van der Waals surface area (Å²) in [5.41, 5.74) is 1.05. The van der Waals surface area contributed by atoms with Crippen molar-refractivity contribution < 1.29 is 4.39 Å². The molecule has 0 nitrogen and oxygen atoms in total. The topological polar surface area (TPSA) is 0 Å². The molecule has 0 aromatic heterocycles. The summed E-state index contributed by atoms with van der Waals surface area (Å²) in [6.45, 7) is 4.43. The van der Waals surface area contributed by atoms with Crippen LogP contribution in [0.25, 0.3) is 0 Å². The van der Waals surface area contributed by atoms with Crippen LogP contribution in [0.3, 0.4) is 0 Å². The molecular weight excluding hydrogens is 335 g/mol. The van der Waals surface area contributed by atoms with Crippen LogP contribution < -0.4 is 0 Å². The van der Waals surface area contributed by atoms with E-state index in [1.165, 1.54) is 6.07 Å². The van der Waals surface area contributed by atoms with Gasteiger partial charge in [-0.1, -0.05) is 41.9 Å². The van der Waals surface area contributed by atoms with Gasteiger partial charge in [-0.05, 0) is 52.7 Å². The summed E-state index contributed by atoms with van der Waals surface area (Å²) in [5, 5.41) is 0. The fourth-order valence-corrected chi connectivity index (χ4v) is 3.12. The number of rotatable bonds is 5. The Balaban J connectivity index is 2.51. The Labute approximate surface area is 114 Å². The van der Waals surface area contributed by atoms with Crippen molar-refractivity contribution >= 4 is 31.9 Å². The van der Waals surface area contributed by atoms with Crippen molar-refractivity contribution in [1.29, 1.82) is 0 Å². The summed E-state index contributed by atoms with van der Waals surface area (Å²) in [6, 6.07) is 5.22. The third-order valence-electron chi connectivity index (χ3n) is 2.49. The first-order chi connectivity index (χ1) is 7.50. The van der Waals surface area contributed by atoms with Crippen LogP contribution >= 0.6 is 31.9 Å². The van der Waals surface area contributed by atoms with E-state index in [4.69, 9.17) is 0 Å². The zero-order chi connectivity index (χ0) is 12.1. The van der Waals surface area contributed by atoms with Crippen molar-refractivity contribution in [2.45, 2.75) is 37.9 Å². The van der Waals surface area contributed by atoms with Crippen LogP contribution in [0.15, 0.2) is 22.7 Å². The third-order valence-corrected chi connectivity index (χ3v) is 4.21. The van der Waals surface area contributed by atoms with Gasteiger partial charge in [0, 0.05) is 4.83 Å². The van der Waals surface area contributed by atoms with E-state index in [9.17, 15) is 4.39 Å². The highest BCUT2D eigenvalue weighted by Crippen LogP contribution is 2.24. The fraction of sp³-hybridized carbons (Fsp3) is 0.538. The van der Waals surface area contributed by atoms with Crippen LogP contribution in [0.1, 0.15) is 32.3 Å². The largest absolute Gasteiger partial charge is 0.206 e. The predicted molar refractivity (Wildman–Crippen MR) is 74.6 cm³/mol. The molecule has 0 fully saturated rings. The molecule has 90 valence electrons. The van der Waals surface area contributed by atoms with Gasteiger partial charge in [0.2, 0.25) is 0 Å². The van der Waals surface area contributed by atoms with Crippen molar-refractivity contribution in [3.05, 3.63) is 34.1 Å². The number of hydrogen-bond donors (Lipinski definition) is 0. The first-order valence-electron chi connectivity index (χ1n) is 5.57. The Morgan fingerprint density at radius 3 is 2.62 bits per heavy atom. The van der Waals surface area contributed by atoms with Gasteiger partial charge in [0.15, 0.2) is 0 Å². The van der Waals surface area contributed by atoms with E-state index >= 15 is 0 Å². The fourth-order valence-electron chi connectivity index (χ4n) is 1.68. The highest BCUT2D eigenvalue weighted by atomic mass is 79.9. The van der Waals surface area contributed by atoms with Gasteiger partial charge < -0.3 is 0 Å². The lowest BCUT2D eigenvalue weighted by Gasteiger charge is -2.12. The molecule has 0 aliphatic rings. The minimum atomic E-state index is -0.174. The average Bonchev–Trinajstić information content (AvgIpc) is 2.19. The average molecular weight is 352 g/mol. The van der Waals surface area contributed by atoms with Gasteiger partial charge in [-0.3, -0.25) is 0 Å². The standard InChI is InChI=1S/C13H17Br2F/c1-9(2)8-11(14)7-6-10-4-3-5-12(16)13(10)15/h3-5,9,11H,6-8H2,1-2H3. The number of alkyl halides is 1. The van der Waals surface area contributed by atoms with Gasteiger partial charge in [0.05, 0.1) is 4.47 Å². The van der Waals surface area contributed by atoms with Gasteiger partial charge in [0.1, 0.15) is 5.82 Å². The monoisotopic (exact) mass is 350 g/mol.